The number of carbonyl (C=O) groups excluding carboxylic acids is 1. The van der Waals surface area contributed by atoms with E-state index < -0.39 is 5.54 Å². The molecular weight excluding hydrogens is 233 g/mol. The summed E-state index contributed by atoms with van der Waals surface area (Å²) in [6, 6.07) is 3.51. The third-order valence-electron chi connectivity index (χ3n) is 3.69. The lowest BCUT2D eigenvalue weighted by atomic mass is 9.87. The Morgan fingerprint density at radius 1 is 1.39 bits per heavy atom. The number of aliphatic imine (C=N–C) groups is 1. The van der Waals surface area contributed by atoms with Crippen LogP contribution in [-0.2, 0) is 10.3 Å². The van der Waals surface area contributed by atoms with Crippen LogP contribution in [0.1, 0.15) is 36.8 Å². The highest BCUT2D eigenvalue weighted by Crippen LogP contribution is 2.46. The molecule has 1 aliphatic rings. The first-order valence-corrected chi connectivity index (χ1v) is 6.07. The number of nitrogens with zero attached hydrogens (tertiary/aromatic N) is 1. The smallest absolute Gasteiger partial charge is 0.235 e. The summed E-state index contributed by atoms with van der Waals surface area (Å²) in [5.74, 6) is -0.168. The van der Waals surface area contributed by atoms with Crippen molar-refractivity contribution in [3.8, 4) is 5.75 Å². The van der Waals surface area contributed by atoms with Crippen LogP contribution in [0.3, 0.4) is 0 Å². The minimum atomic E-state index is -0.651. The Bertz CT molecular complexity index is 501. The second kappa shape index (κ2) is 4.91. The average Bonchev–Trinajstić information content (AvgIpc) is 2.82. The fraction of sp³-hybridized carbons (Fsp3) is 0.500. The van der Waals surface area contributed by atoms with Crippen LogP contribution in [0.4, 0.5) is 4.39 Å². The molecule has 1 saturated carbocycles. The van der Waals surface area contributed by atoms with Gasteiger partial charge in [-0.15, -0.1) is 0 Å². The van der Waals surface area contributed by atoms with Crippen molar-refractivity contribution in [3.05, 3.63) is 29.1 Å². The second-order valence-corrected chi connectivity index (χ2v) is 4.72. The first-order valence-electron chi connectivity index (χ1n) is 6.07. The van der Waals surface area contributed by atoms with E-state index >= 15 is 0 Å². The van der Waals surface area contributed by atoms with Gasteiger partial charge in [-0.3, -0.25) is 0 Å². The van der Waals surface area contributed by atoms with Crippen molar-refractivity contribution in [3.63, 3.8) is 0 Å². The van der Waals surface area contributed by atoms with Crippen LogP contribution in [0, 0.1) is 12.7 Å². The van der Waals surface area contributed by atoms with Crippen LogP contribution >= 0.6 is 0 Å². The zero-order chi connectivity index (χ0) is 13.2. The molecule has 0 amide bonds. The Hall–Kier alpha value is -1.67. The lowest BCUT2D eigenvalue weighted by molar-refractivity contribution is 0.356. The molecule has 1 aliphatic carbocycles. The first kappa shape index (κ1) is 12.8. The van der Waals surface area contributed by atoms with E-state index in [1.54, 1.807) is 19.1 Å². The number of rotatable bonds is 3. The number of hydrogen-bond donors (Lipinski definition) is 0. The van der Waals surface area contributed by atoms with Gasteiger partial charge in [-0.05, 0) is 25.3 Å². The maximum absolute atomic E-state index is 14.1. The molecule has 2 rings (SSSR count). The van der Waals surface area contributed by atoms with Gasteiger partial charge >= 0.3 is 0 Å². The van der Waals surface area contributed by atoms with E-state index in [0.717, 1.165) is 25.7 Å². The standard InChI is InChI=1S/C14H16FNO2/c1-10-5-6-11(13(18-2)12(10)15)14(16-9-17)7-3-4-8-14/h5-6H,3-4,7-8H2,1-2H3. The molecule has 0 unspecified atom stereocenters. The monoisotopic (exact) mass is 249 g/mol. The molecule has 1 fully saturated rings. The average molecular weight is 249 g/mol. The van der Waals surface area contributed by atoms with Crippen LogP contribution in [0.15, 0.2) is 17.1 Å². The van der Waals surface area contributed by atoms with E-state index in [4.69, 9.17) is 4.74 Å². The zero-order valence-electron chi connectivity index (χ0n) is 10.6. The van der Waals surface area contributed by atoms with Crippen molar-refractivity contribution in [1.82, 2.24) is 0 Å². The van der Waals surface area contributed by atoms with Crippen molar-refractivity contribution < 1.29 is 13.9 Å². The third-order valence-corrected chi connectivity index (χ3v) is 3.69. The Labute approximate surface area is 106 Å². The molecule has 0 atom stereocenters. The molecule has 0 spiro atoms. The van der Waals surface area contributed by atoms with Gasteiger partial charge in [-0.1, -0.05) is 25.0 Å². The van der Waals surface area contributed by atoms with Gasteiger partial charge < -0.3 is 4.74 Å². The SMILES string of the molecule is COc1c(C2(N=C=O)CCCC2)ccc(C)c1F. The van der Waals surface area contributed by atoms with E-state index in [9.17, 15) is 9.18 Å². The highest BCUT2D eigenvalue weighted by molar-refractivity contribution is 5.47. The number of ether oxygens (including phenoxy) is 1. The van der Waals surface area contributed by atoms with Crippen LogP contribution in [0.25, 0.3) is 0 Å². The lowest BCUT2D eigenvalue weighted by Gasteiger charge is -2.25. The fourth-order valence-electron chi connectivity index (χ4n) is 2.71. The molecule has 0 N–H and O–H groups in total. The predicted octanol–water partition coefficient (Wildman–Crippen LogP) is 3.25. The van der Waals surface area contributed by atoms with Crippen molar-refractivity contribution in [2.75, 3.05) is 7.11 Å². The van der Waals surface area contributed by atoms with Gasteiger partial charge in [0.2, 0.25) is 6.08 Å². The second-order valence-electron chi connectivity index (χ2n) is 4.72. The van der Waals surface area contributed by atoms with Crippen molar-refractivity contribution in [2.24, 2.45) is 4.99 Å². The maximum atomic E-state index is 14.1. The maximum Gasteiger partial charge on any atom is 0.235 e. The number of halogens is 1. The zero-order valence-corrected chi connectivity index (χ0v) is 10.6. The third kappa shape index (κ3) is 1.93. The van der Waals surface area contributed by atoms with Gasteiger partial charge in [0.1, 0.15) is 5.54 Å². The Balaban J connectivity index is 2.62. The van der Waals surface area contributed by atoms with Crippen LogP contribution in [0.2, 0.25) is 0 Å². The number of aryl methyl sites for hydroxylation is 1. The van der Waals surface area contributed by atoms with E-state index in [1.165, 1.54) is 7.11 Å². The Kier molecular flexibility index (Phi) is 3.48. The number of hydrogen-bond acceptors (Lipinski definition) is 3. The molecule has 1 aromatic carbocycles. The number of methoxy groups -OCH3 is 1. The van der Waals surface area contributed by atoms with E-state index in [-0.39, 0.29) is 11.6 Å². The number of benzene rings is 1. The van der Waals surface area contributed by atoms with Gasteiger partial charge in [0.15, 0.2) is 11.6 Å². The molecule has 0 bridgehead atoms. The minimum Gasteiger partial charge on any atom is -0.493 e. The highest BCUT2D eigenvalue weighted by atomic mass is 19.1. The molecule has 96 valence electrons. The minimum absolute atomic E-state index is 0.205. The summed E-state index contributed by atoms with van der Waals surface area (Å²) in [7, 11) is 1.44. The molecule has 1 aromatic rings. The van der Waals surface area contributed by atoms with Gasteiger partial charge in [-0.25, -0.2) is 9.18 Å². The Morgan fingerprint density at radius 3 is 2.61 bits per heavy atom. The topological polar surface area (TPSA) is 38.7 Å². The highest BCUT2D eigenvalue weighted by Gasteiger charge is 2.39. The molecule has 0 saturated heterocycles. The Morgan fingerprint density at radius 2 is 2.06 bits per heavy atom. The summed E-state index contributed by atoms with van der Waals surface area (Å²) in [6.45, 7) is 1.69. The summed E-state index contributed by atoms with van der Waals surface area (Å²) in [6.07, 6.45) is 5.06. The summed E-state index contributed by atoms with van der Waals surface area (Å²) >= 11 is 0. The quantitative estimate of drug-likeness (QED) is 0.609. The fourth-order valence-corrected chi connectivity index (χ4v) is 2.71. The summed E-state index contributed by atoms with van der Waals surface area (Å²) in [5.41, 5.74) is 0.537. The van der Waals surface area contributed by atoms with Gasteiger partial charge in [0.05, 0.1) is 7.11 Å². The molecule has 4 heteroatoms. The molecule has 18 heavy (non-hydrogen) atoms. The van der Waals surface area contributed by atoms with Crippen molar-refractivity contribution >= 4 is 6.08 Å². The molecular formula is C14H16FNO2. The normalized spacial score (nSPS) is 17.3. The first-order chi connectivity index (χ1) is 8.64. The predicted molar refractivity (Wildman–Crippen MR) is 66.0 cm³/mol. The molecule has 0 aliphatic heterocycles. The molecule has 0 aromatic heterocycles. The van der Waals surface area contributed by atoms with Crippen LogP contribution in [-0.4, -0.2) is 13.2 Å². The molecule has 0 radical (unpaired) electrons. The van der Waals surface area contributed by atoms with Crippen LogP contribution in [0.5, 0.6) is 5.75 Å². The number of isocyanates is 1. The lowest BCUT2D eigenvalue weighted by Crippen LogP contribution is -2.20. The van der Waals surface area contributed by atoms with Gasteiger partial charge in [0.25, 0.3) is 0 Å². The summed E-state index contributed by atoms with van der Waals surface area (Å²) in [4.78, 5) is 14.6. The van der Waals surface area contributed by atoms with Crippen LogP contribution < -0.4 is 4.74 Å². The van der Waals surface area contributed by atoms with E-state index in [0.29, 0.717) is 11.1 Å². The largest absolute Gasteiger partial charge is 0.493 e. The van der Waals surface area contributed by atoms with Crippen molar-refractivity contribution in [1.29, 1.82) is 0 Å². The molecule has 3 nitrogen and oxygen atoms in total. The van der Waals surface area contributed by atoms with Gasteiger partial charge in [-0.2, -0.15) is 4.99 Å². The van der Waals surface area contributed by atoms with Crippen molar-refractivity contribution in [2.45, 2.75) is 38.1 Å². The molecule has 0 heterocycles. The van der Waals surface area contributed by atoms with E-state index in [1.807, 2.05) is 6.07 Å². The summed E-state index contributed by atoms with van der Waals surface area (Å²) < 4.78 is 19.2. The summed E-state index contributed by atoms with van der Waals surface area (Å²) in [5, 5.41) is 0. The van der Waals surface area contributed by atoms with E-state index in [2.05, 4.69) is 4.99 Å². The van der Waals surface area contributed by atoms with Gasteiger partial charge in [0, 0.05) is 5.56 Å².